The molecule has 6 nitrogen and oxygen atoms in total. The first-order valence-corrected chi connectivity index (χ1v) is 6.31. The zero-order chi connectivity index (χ0) is 11.7. The molecule has 1 aliphatic heterocycles. The Morgan fingerprint density at radius 1 is 1.60 bits per heavy atom. The second-order valence-electron chi connectivity index (χ2n) is 3.83. The minimum Gasteiger partial charge on any atom is -0.345 e. The molecule has 0 aromatic heterocycles. The summed E-state index contributed by atoms with van der Waals surface area (Å²) in [4.78, 5) is 0. The van der Waals surface area contributed by atoms with Crippen LogP contribution in [0, 0.1) is 0 Å². The molecule has 1 fully saturated rings. The fraction of sp³-hybridized carbons (Fsp3) is 1.00. The van der Waals surface area contributed by atoms with E-state index >= 15 is 0 Å². The fourth-order valence-electron chi connectivity index (χ4n) is 1.17. The lowest BCUT2D eigenvalue weighted by atomic mass is 10.4. The van der Waals surface area contributed by atoms with E-state index in [1.54, 1.807) is 20.8 Å². The third kappa shape index (κ3) is 3.24. The van der Waals surface area contributed by atoms with E-state index in [1.165, 1.54) is 7.11 Å². The highest BCUT2D eigenvalue weighted by Crippen LogP contribution is 2.52. The van der Waals surface area contributed by atoms with Gasteiger partial charge in [0.2, 0.25) is 0 Å². The lowest BCUT2D eigenvalue weighted by Gasteiger charge is -2.23. The molecule has 0 aliphatic carbocycles. The van der Waals surface area contributed by atoms with Gasteiger partial charge in [-0.3, -0.25) is 9.09 Å². The Balaban J connectivity index is 2.59. The quantitative estimate of drug-likeness (QED) is 0.744. The molecule has 2 N–H and O–H groups in total. The number of hydrogen-bond acceptors (Lipinski definition) is 6. The van der Waals surface area contributed by atoms with E-state index in [2.05, 4.69) is 0 Å². The Kier molecular flexibility index (Phi) is 3.92. The van der Waals surface area contributed by atoms with Crippen LogP contribution in [0.3, 0.4) is 0 Å². The van der Waals surface area contributed by atoms with Crippen molar-refractivity contribution in [2.24, 2.45) is 5.73 Å². The standard InChI is InChI=1S/C8H18NO5P/c1-6(9)15(10,11-4)14-7-5-12-8(2,3)13-7/h6-7H,5,9H2,1-4H3. The molecule has 15 heavy (non-hydrogen) atoms. The summed E-state index contributed by atoms with van der Waals surface area (Å²) < 4.78 is 32.6. The molecule has 0 spiro atoms. The maximum absolute atomic E-state index is 11.9. The summed E-state index contributed by atoms with van der Waals surface area (Å²) in [5, 5.41) is 0. The summed E-state index contributed by atoms with van der Waals surface area (Å²) in [5.74, 6) is -1.42. The summed E-state index contributed by atoms with van der Waals surface area (Å²) >= 11 is 0. The summed E-state index contributed by atoms with van der Waals surface area (Å²) in [5.41, 5.74) is 5.52. The Morgan fingerprint density at radius 3 is 2.53 bits per heavy atom. The molecule has 3 atom stereocenters. The van der Waals surface area contributed by atoms with Crippen molar-refractivity contribution in [1.29, 1.82) is 0 Å². The largest absolute Gasteiger partial charge is 0.349 e. The van der Waals surface area contributed by atoms with Crippen LogP contribution >= 0.6 is 7.60 Å². The number of ether oxygens (including phenoxy) is 2. The van der Waals surface area contributed by atoms with Crippen LogP contribution in [-0.2, 0) is 23.1 Å². The SMILES string of the molecule is COP(=O)(OC1COC(C)(C)O1)C(C)N. The highest BCUT2D eigenvalue weighted by molar-refractivity contribution is 7.54. The molecule has 1 aliphatic rings. The highest BCUT2D eigenvalue weighted by Gasteiger charge is 2.40. The second-order valence-corrected chi connectivity index (χ2v) is 6.30. The molecule has 0 radical (unpaired) electrons. The molecule has 0 bridgehead atoms. The fourth-order valence-corrected chi connectivity index (χ4v) is 2.22. The number of nitrogens with two attached hydrogens (primary N) is 1. The Bertz CT molecular complexity index is 268. The summed E-state index contributed by atoms with van der Waals surface area (Å²) in [6.45, 7) is 5.28. The highest BCUT2D eigenvalue weighted by atomic mass is 31.2. The maximum atomic E-state index is 11.9. The molecule has 1 heterocycles. The van der Waals surface area contributed by atoms with Crippen LogP contribution in [0.4, 0.5) is 0 Å². The third-order valence-electron chi connectivity index (χ3n) is 2.00. The average molecular weight is 239 g/mol. The van der Waals surface area contributed by atoms with E-state index in [9.17, 15) is 4.57 Å². The van der Waals surface area contributed by atoms with Crippen molar-refractivity contribution in [2.45, 2.75) is 38.6 Å². The number of rotatable bonds is 4. The second kappa shape index (κ2) is 4.49. The molecule has 0 saturated carbocycles. The van der Waals surface area contributed by atoms with Gasteiger partial charge in [0, 0.05) is 7.11 Å². The van der Waals surface area contributed by atoms with E-state index in [4.69, 9.17) is 24.3 Å². The molecule has 0 amide bonds. The molecule has 7 heteroatoms. The maximum Gasteiger partial charge on any atom is 0.349 e. The predicted octanol–water partition coefficient (Wildman–Crippen LogP) is 1.26. The van der Waals surface area contributed by atoms with Crippen LogP contribution < -0.4 is 5.73 Å². The van der Waals surface area contributed by atoms with Crippen molar-refractivity contribution in [3.63, 3.8) is 0 Å². The van der Waals surface area contributed by atoms with Crippen molar-refractivity contribution >= 4 is 7.60 Å². The molecule has 0 aromatic carbocycles. The summed E-state index contributed by atoms with van der Waals surface area (Å²) in [7, 11) is -2.01. The van der Waals surface area contributed by atoms with Gasteiger partial charge >= 0.3 is 7.60 Å². The summed E-state index contributed by atoms with van der Waals surface area (Å²) in [6, 6.07) is 0. The van der Waals surface area contributed by atoms with Gasteiger partial charge in [-0.15, -0.1) is 0 Å². The van der Waals surface area contributed by atoms with Crippen LogP contribution in [0.15, 0.2) is 0 Å². The molecule has 90 valence electrons. The van der Waals surface area contributed by atoms with Crippen molar-refractivity contribution in [1.82, 2.24) is 0 Å². The van der Waals surface area contributed by atoms with Crippen molar-refractivity contribution in [3.8, 4) is 0 Å². The van der Waals surface area contributed by atoms with Gasteiger partial charge < -0.3 is 19.7 Å². The van der Waals surface area contributed by atoms with Gasteiger partial charge in [0.1, 0.15) is 12.4 Å². The predicted molar refractivity (Wildman–Crippen MR) is 54.3 cm³/mol. The first-order valence-electron chi connectivity index (χ1n) is 4.70. The lowest BCUT2D eigenvalue weighted by Crippen LogP contribution is -2.25. The Morgan fingerprint density at radius 2 is 2.20 bits per heavy atom. The van der Waals surface area contributed by atoms with Gasteiger partial charge in [-0.25, -0.2) is 0 Å². The van der Waals surface area contributed by atoms with Crippen molar-refractivity contribution < 1.29 is 23.1 Å². The molecule has 1 saturated heterocycles. The first-order chi connectivity index (χ1) is 6.79. The lowest BCUT2D eigenvalue weighted by molar-refractivity contribution is -0.168. The summed E-state index contributed by atoms with van der Waals surface area (Å²) in [6.07, 6.45) is -0.697. The molecule has 1 rings (SSSR count). The van der Waals surface area contributed by atoms with Gasteiger partial charge in [-0.2, -0.15) is 0 Å². The third-order valence-corrected chi connectivity index (χ3v) is 4.04. The van der Waals surface area contributed by atoms with Crippen LogP contribution in [0.1, 0.15) is 20.8 Å². The molecular weight excluding hydrogens is 221 g/mol. The normalized spacial score (nSPS) is 31.1. The molecule has 3 unspecified atom stereocenters. The van der Waals surface area contributed by atoms with Crippen molar-refractivity contribution in [3.05, 3.63) is 0 Å². The van der Waals surface area contributed by atoms with Gasteiger partial charge in [0.25, 0.3) is 0 Å². The van der Waals surface area contributed by atoms with Gasteiger partial charge in [-0.1, -0.05) is 0 Å². The van der Waals surface area contributed by atoms with E-state index in [0.29, 0.717) is 0 Å². The first kappa shape index (κ1) is 13.1. The zero-order valence-corrected chi connectivity index (χ0v) is 10.3. The van der Waals surface area contributed by atoms with Crippen molar-refractivity contribution in [2.75, 3.05) is 13.7 Å². The van der Waals surface area contributed by atoms with E-state index in [-0.39, 0.29) is 6.61 Å². The Labute approximate surface area is 89.5 Å². The van der Waals surface area contributed by atoms with Crippen LogP contribution in [0.25, 0.3) is 0 Å². The minimum absolute atomic E-state index is 0.215. The smallest absolute Gasteiger partial charge is 0.345 e. The molecule has 0 aromatic rings. The number of hydrogen-bond donors (Lipinski definition) is 1. The average Bonchev–Trinajstić information content (AvgIpc) is 2.45. The zero-order valence-electron chi connectivity index (χ0n) is 9.43. The van der Waals surface area contributed by atoms with Gasteiger partial charge in [0.05, 0.1) is 0 Å². The van der Waals surface area contributed by atoms with Gasteiger partial charge in [-0.05, 0) is 20.8 Å². The van der Waals surface area contributed by atoms with Gasteiger partial charge in [0.15, 0.2) is 12.1 Å². The Hall–Kier alpha value is 0.0300. The molecular formula is C8H18NO5P. The van der Waals surface area contributed by atoms with Crippen LogP contribution in [0.2, 0.25) is 0 Å². The van der Waals surface area contributed by atoms with Crippen LogP contribution in [0.5, 0.6) is 0 Å². The monoisotopic (exact) mass is 239 g/mol. The van der Waals surface area contributed by atoms with E-state index in [0.717, 1.165) is 0 Å². The van der Waals surface area contributed by atoms with E-state index in [1.807, 2.05) is 0 Å². The van der Waals surface area contributed by atoms with E-state index < -0.39 is 25.5 Å². The topological polar surface area (TPSA) is 80.0 Å². The minimum atomic E-state index is -3.30. The van der Waals surface area contributed by atoms with Crippen LogP contribution in [-0.4, -0.2) is 31.6 Å².